The van der Waals surface area contributed by atoms with Gasteiger partial charge in [0.15, 0.2) is 0 Å². The van der Waals surface area contributed by atoms with Crippen molar-refractivity contribution in [3.05, 3.63) is 0 Å². The minimum Gasteiger partial charge on any atom is -0.481 e. The molecule has 0 atom stereocenters. The Balaban J connectivity index is 4.91. The second kappa shape index (κ2) is 59.4. The lowest BCUT2D eigenvalue weighted by Gasteiger charge is -2.23. The maximum absolute atomic E-state index is 13.0. The van der Waals surface area contributed by atoms with Crippen molar-refractivity contribution >= 4 is 35.7 Å². The summed E-state index contributed by atoms with van der Waals surface area (Å²) in [5, 5.41) is 24.0. The van der Waals surface area contributed by atoms with Crippen molar-refractivity contribution in [3.63, 3.8) is 0 Å². The van der Waals surface area contributed by atoms with E-state index in [1.54, 1.807) is 0 Å². The Morgan fingerprint density at radius 3 is 1.05 bits per heavy atom. The molecular formula is C65H124N4O10. The van der Waals surface area contributed by atoms with Gasteiger partial charge in [-0.3, -0.25) is 28.8 Å². The third-order valence-corrected chi connectivity index (χ3v) is 15.3. The van der Waals surface area contributed by atoms with E-state index in [1.807, 2.05) is 0 Å². The Bertz CT molecular complexity index is 1420. The molecule has 0 aromatic heterocycles. The van der Waals surface area contributed by atoms with Crippen LogP contribution in [-0.4, -0.2) is 121 Å². The molecule has 0 aromatic rings. The molecule has 14 heteroatoms. The number of rotatable bonds is 63. The Kier molecular flexibility index (Phi) is 56.9. The molecule has 2 amide bonds. The number of amides is 2. The molecule has 0 saturated carbocycles. The molecule has 0 bridgehead atoms. The van der Waals surface area contributed by atoms with Crippen molar-refractivity contribution in [2.45, 2.75) is 322 Å². The van der Waals surface area contributed by atoms with Crippen LogP contribution in [0.5, 0.6) is 0 Å². The molecule has 79 heavy (non-hydrogen) atoms. The van der Waals surface area contributed by atoms with E-state index >= 15 is 0 Å². The van der Waals surface area contributed by atoms with E-state index in [9.17, 15) is 28.8 Å². The highest BCUT2D eigenvalue weighted by Crippen LogP contribution is 2.19. The van der Waals surface area contributed by atoms with Gasteiger partial charge in [-0.25, -0.2) is 0 Å². The first kappa shape index (κ1) is 75.7. The molecule has 0 heterocycles. The number of hydrogen-bond donors (Lipinski definition) is 4. The topological polar surface area (TPSA) is 192 Å². The van der Waals surface area contributed by atoms with E-state index in [0.29, 0.717) is 58.3 Å². The fourth-order valence-corrected chi connectivity index (χ4v) is 10.3. The van der Waals surface area contributed by atoms with E-state index in [0.717, 1.165) is 161 Å². The second-order valence-electron chi connectivity index (χ2n) is 23.0. The third kappa shape index (κ3) is 57.8. The van der Waals surface area contributed by atoms with E-state index < -0.39 is 11.9 Å². The molecular weight excluding hydrogens is 997 g/mol. The summed E-state index contributed by atoms with van der Waals surface area (Å²) in [5.74, 6) is -1.79. The van der Waals surface area contributed by atoms with Crippen LogP contribution in [0.3, 0.4) is 0 Å². The number of aliphatic carboxylic acids is 2. The predicted octanol–water partition coefficient (Wildman–Crippen LogP) is 15.5. The van der Waals surface area contributed by atoms with Crippen molar-refractivity contribution in [2.75, 3.05) is 59.0 Å². The first-order valence-electron chi connectivity index (χ1n) is 33.3. The maximum Gasteiger partial charge on any atom is 0.306 e. The smallest absolute Gasteiger partial charge is 0.306 e. The molecule has 0 unspecified atom stereocenters. The van der Waals surface area contributed by atoms with Crippen LogP contribution in [0.4, 0.5) is 0 Å². The lowest BCUT2D eigenvalue weighted by molar-refractivity contribution is -0.150. The monoisotopic (exact) mass is 1120 g/mol. The SMILES string of the molecule is CCCCCCCCCCCOC(=O)CCCCCN(CCCCCCCC(=O)OC(CCCCCCCC)CCCCCCCC)CCNC(=O)CCCC(=O)NCCN(CCCCCCCC(=O)O)CCCCCC(=O)O. The van der Waals surface area contributed by atoms with Gasteiger partial charge in [-0.1, -0.05) is 188 Å². The van der Waals surface area contributed by atoms with Gasteiger partial charge in [0, 0.05) is 64.7 Å². The highest BCUT2D eigenvalue weighted by molar-refractivity contribution is 5.78. The van der Waals surface area contributed by atoms with Gasteiger partial charge in [0.2, 0.25) is 11.8 Å². The lowest BCUT2D eigenvalue weighted by atomic mass is 10.0. The van der Waals surface area contributed by atoms with Gasteiger partial charge in [0.05, 0.1) is 6.61 Å². The van der Waals surface area contributed by atoms with Crippen molar-refractivity contribution in [1.29, 1.82) is 0 Å². The third-order valence-electron chi connectivity index (χ3n) is 15.3. The van der Waals surface area contributed by atoms with E-state index in [-0.39, 0.29) is 55.5 Å². The molecule has 464 valence electrons. The fraction of sp³-hybridized carbons (Fsp3) is 0.908. The number of esters is 2. The van der Waals surface area contributed by atoms with Crippen molar-refractivity contribution < 1.29 is 48.5 Å². The Labute approximate surface area is 483 Å². The zero-order valence-corrected chi connectivity index (χ0v) is 51.5. The summed E-state index contributed by atoms with van der Waals surface area (Å²) < 4.78 is 11.6. The Morgan fingerprint density at radius 2 is 0.658 bits per heavy atom. The van der Waals surface area contributed by atoms with E-state index in [1.165, 1.54) is 109 Å². The number of nitrogens with zero attached hydrogens (tertiary/aromatic N) is 2. The number of unbranched alkanes of at least 4 members (excludes halogenated alkanes) is 30. The predicted molar refractivity (Wildman–Crippen MR) is 324 cm³/mol. The van der Waals surface area contributed by atoms with Gasteiger partial charge in [0.25, 0.3) is 0 Å². The normalized spacial score (nSPS) is 11.5. The number of carbonyl (C=O) groups excluding carboxylic acids is 4. The van der Waals surface area contributed by atoms with Crippen LogP contribution in [0.25, 0.3) is 0 Å². The number of hydrogen-bond acceptors (Lipinski definition) is 10. The van der Waals surface area contributed by atoms with Crippen LogP contribution in [0.1, 0.15) is 316 Å². The average molecular weight is 1120 g/mol. The minimum absolute atomic E-state index is 0.0317. The molecule has 0 aliphatic heterocycles. The fourth-order valence-electron chi connectivity index (χ4n) is 10.3. The Morgan fingerprint density at radius 1 is 0.342 bits per heavy atom. The maximum atomic E-state index is 13.0. The lowest BCUT2D eigenvalue weighted by Crippen LogP contribution is -2.36. The van der Waals surface area contributed by atoms with Gasteiger partial charge in [-0.05, 0) is 116 Å². The van der Waals surface area contributed by atoms with Crippen LogP contribution < -0.4 is 10.6 Å². The first-order chi connectivity index (χ1) is 38.5. The van der Waals surface area contributed by atoms with Gasteiger partial charge >= 0.3 is 23.9 Å². The molecule has 0 aromatic carbocycles. The molecule has 0 aliphatic rings. The van der Waals surface area contributed by atoms with Gasteiger partial charge in [0.1, 0.15) is 6.10 Å². The number of ether oxygens (including phenoxy) is 2. The summed E-state index contributed by atoms with van der Waals surface area (Å²) in [6.45, 7) is 13.3. The number of carboxylic acid groups (broad SMARTS) is 2. The van der Waals surface area contributed by atoms with Gasteiger partial charge in [-0.15, -0.1) is 0 Å². The van der Waals surface area contributed by atoms with Crippen molar-refractivity contribution in [2.24, 2.45) is 0 Å². The van der Waals surface area contributed by atoms with Crippen LogP contribution in [0, 0.1) is 0 Å². The number of carboxylic acids is 2. The number of carbonyl (C=O) groups is 6. The Hall–Kier alpha value is -3.26. The van der Waals surface area contributed by atoms with E-state index in [4.69, 9.17) is 19.7 Å². The first-order valence-corrected chi connectivity index (χ1v) is 33.3. The van der Waals surface area contributed by atoms with Crippen LogP contribution in [0.2, 0.25) is 0 Å². The highest BCUT2D eigenvalue weighted by atomic mass is 16.5. The molecule has 4 N–H and O–H groups in total. The van der Waals surface area contributed by atoms with Crippen molar-refractivity contribution in [1.82, 2.24) is 20.4 Å². The van der Waals surface area contributed by atoms with Gasteiger partial charge < -0.3 is 40.1 Å². The highest BCUT2D eigenvalue weighted by Gasteiger charge is 2.15. The van der Waals surface area contributed by atoms with E-state index in [2.05, 4.69) is 41.2 Å². The standard InChI is InChI=1S/C65H124N4O10/c1-4-7-10-13-16-17-18-27-40-58-78-64(76)48-35-29-39-55-69(53-37-26-20-24-34-49-65(77)79-59(42-30-21-14-11-8-5-2)43-31-22-15-12-9-6-3)57-51-67-61(71)45-41-44-60(70)66-50-56-68(54-38-28-33-47-63(74)75)52-36-25-19-23-32-46-62(72)73/h59H,4-58H2,1-3H3,(H,66,70)(H,67,71)(H,72,73)(H,74,75). The molecule has 14 nitrogen and oxygen atoms in total. The van der Waals surface area contributed by atoms with Crippen LogP contribution in [-0.2, 0) is 38.2 Å². The van der Waals surface area contributed by atoms with Crippen LogP contribution >= 0.6 is 0 Å². The summed E-state index contributed by atoms with van der Waals surface area (Å²) in [6.07, 6.45) is 45.3. The summed E-state index contributed by atoms with van der Waals surface area (Å²) >= 11 is 0. The number of nitrogens with one attached hydrogen (secondary N) is 2. The molecule has 0 spiro atoms. The van der Waals surface area contributed by atoms with Crippen molar-refractivity contribution in [3.8, 4) is 0 Å². The zero-order chi connectivity index (χ0) is 57.9. The second-order valence-corrected chi connectivity index (χ2v) is 23.0. The molecule has 0 rings (SSSR count). The minimum atomic E-state index is -0.776. The summed E-state index contributed by atoms with van der Waals surface area (Å²) in [6, 6.07) is 0. The van der Waals surface area contributed by atoms with Gasteiger partial charge in [-0.2, -0.15) is 0 Å². The summed E-state index contributed by atoms with van der Waals surface area (Å²) in [5.41, 5.74) is 0. The quantitative estimate of drug-likeness (QED) is 0.0333. The summed E-state index contributed by atoms with van der Waals surface area (Å²) in [7, 11) is 0. The largest absolute Gasteiger partial charge is 0.481 e. The molecule has 0 fully saturated rings. The van der Waals surface area contributed by atoms with Crippen LogP contribution in [0.15, 0.2) is 0 Å². The average Bonchev–Trinajstić information content (AvgIpc) is 3.41. The molecule has 0 saturated heterocycles. The molecule has 0 aliphatic carbocycles. The zero-order valence-electron chi connectivity index (χ0n) is 51.5. The summed E-state index contributed by atoms with van der Waals surface area (Å²) in [4.78, 5) is 77.5. The molecule has 0 radical (unpaired) electrons.